The van der Waals surface area contributed by atoms with Gasteiger partial charge in [0.05, 0.1) is 25.9 Å². The second-order valence-electron chi connectivity index (χ2n) is 10.6. The van der Waals surface area contributed by atoms with Crippen LogP contribution in [0.15, 0.2) is 23.8 Å². The van der Waals surface area contributed by atoms with E-state index in [9.17, 15) is 40.5 Å². The molecule has 0 aromatic rings. The van der Waals surface area contributed by atoms with E-state index in [1.807, 2.05) is 0 Å². The van der Waals surface area contributed by atoms with Crippen molar-refractivity contribution in [2.45, 2.75) is 94.5 Å². The van der Waals surface area contributed by atoms with Crippen LogP contribution in [0.2, 0.25) is 0 Å². The van der Waals surface area contributed by atoms with Gasteiger partial charge in [-0.05, 0) is 31.6 Å². The van der Waals surface area contributed by atoms with E-state index in [-0.39, 0.29) is 18.8 Å². The minimum absolute atomic E-state index is 0.0732. The zero-order chi connectivity index (χ0) is 27.1. The van der Waals surface area contributed by atoms with Crippen LogP contribution in [0.4, 0.5) is 0 Å². The highest BCUT2D eigenvalue weighted by molar-refractivity contribution is 5.92. The monoisotopic (exact) mass is 518 g/mol. The molecule has 10 atom stereocenters. The first-order valence-corrected chi connectivity index (χ1v) is 11.9. The van der Waals surface area contributed by atoms with Crippen molar-refractivity contribution in [3.8, 4) is 0 Å². The Hall–Kier alpha value is -1.29. The number of carbonyl (C=O) groups excluding carboxylic acids is 1. The summed E-state index contributed by atoms with van der Waals surface area (Å²) in [5.41, 5.74) is -3.58. The number of carbonyl (C=O) groups is 1. The Morgan fingerprint density at radius 2 is 1.81 bits per heavy atom. The van der Waals surface area contributed by atoms with E-state index in [0.29, 0.717) is 5.57 Å². The number of aliphatic hydroxyl groups is 7. The lowest BCUT2D eigenvalue weighted by atomic mass is 9.64. The molecule has 0 bridgehead atoms. The van der Waals surface area contributed by atoms with E-state index in [4.69, 9.17) is 18.9 Å². The molecule has 12 heteroatoms. The van der Waals surface area contributed by atoms with Gasteiger partial charge in [0.25, 0.3) is 0 Å². The predicted octanol–water partition coefficient (Wildman–Crippen LogP) is -2.11. The van der Waals surface area contributed by atoms with E-state index in [1.54, 1.807) is 33.8 Å². The Labute approximate surface area is 209 Å². The molecule has 3 aliphatic rings. The van der Waals surface area contributed by atoms with E-state index in [2.05, 4.69) is 0 Å². The first-order valence-electron chi connectivity index (χ1n) is 11.9. The minimum Gasteiger partial charge on any atom is -0.393 e. The van der Waals surface area contributed by atoms with Crippen LogP contribution in [-0.4, -0.2) is 122 Å². The Morgan fingerprint density at radius 1 is 1.14 bits per heavy atom. The predicted molar refractivity (Wildman–Crippen MR) is 122 cm³/mol. The molecule has 3 rings (SSSR count). The van der Waals surface area contributed by atoms with Gasteiger partial charge in [0.1, 0.15) is 41.7 Å². The SMILES string of the molecule is CC1=CC(=O)CC(C)(C)C1(O)/C=C/C(C)OC1OC(COC2OCC(O)(CO)C2O)C(O)C(O)C1O. The molecule has 0 spiro atoms. The molecule has 2 fully saturated rings. The number of hydrogen-bond donors (Lipinski definition) is 7. The maximum atomic E-state index is 11.9. The van der Waals surface area contributed by atoms with Crippen LogP contribution >= 0.6 is 0 Å². The van der Waals surface area contributed by atoms with Crippen LogP contribution < -0.4 is 0 Å². The molecule has 0 aromatic heterocycles. The van der Waals surface area contributed by atoms with Crippen LogP contribution in [0.5, 0.6) is 0 Å². The van der Waals surface area contributed by atoms with Crippen molar-refractivity contribution in [2.75, 3.05) is 19.8 Å². The molecule has 1 aliphatic carbocycles. The standard InChI is InChI=1S/C24H38O12/c1-12-7-14(26)8-22(3,4)24(12,32)6-5-13(2)35-20-18(29)17(28)16(27)15(36-20)9-33-21-19(30)23(31,10-25)11-34-21/h5-7,13,15-21,25,27-32H,8-11H2,1-4H3/b6-5+. The normalized spacial score (nSPS) is 44.1. The maximum absolute atomic E-state index is 11.9. The van der Waals surface area contributed by atoms with Crippen molar-refractivity contribution in [1.82, 2.24) is 0 Å². The molecule has 0 saturated carbocycles. The van der Waals surface area contributed by atoms with E-state index >= 15 is 0 Å². The van der Waals surface area contributed by atoms with Gasteiger partial charge < -0.3 is 54.7 Å². The largest absolute Gasteiger partial charge is 0.393 e. The highest BCUT2D eigenvalue weighted by Gasteiger charge is 2.50. The fraction of sp³-hybridized carbons (Fsp3) is 0.792. The summed E-state index contributed by atoms with van der Waals surface area (Å²) in [7, 11) is 0. The van der Waals surface area contributed by atoms with Crippen LogP contribution in [-0.2, 0) is 23.7 Å². The number of ketones is 1. The number of aliphatic hydroxyl groups excluding tert-OH is 5. The first kappa shape index (κ1) is 29.3. The zero-order valence-electron chi connectivity index (χ0n) is 20.9. The third-order valence-electron chi connectivity index (χ3n) is 7.26. The molecule has 0 amide bonds. The van der Waals surface area contributed by atoms with Crippen LogP contribution in [0, 0.1) is 5.41 Å². The molecule has 7 N–H and O–H groups in total. The molecule has 10 unspecified atom stereocenters. The lowest BCUT2D eigenvalue weighted by Crippen LogP contribution is -2.60. The number of allylic oxidation sites excluding steroid dienone is 1. The third kappa shape index (κ3) is 5.59. The van der Waals surface area contributed by atoms with Crippen LogP contribution in [0.25, 0.3) is 0 Å². The third-order valence-corrected chi connectivity index (χ3v) is 7.26. The minimum atomic E-state index is -1.89. The summed E-state index contributed by atoms with van der Waals surface area (Å²) < 4.78 is 21.9. The van der Waals surface area contributed by atoms with Gasteiger partial charge in [0.15, 0.2) is 18.4 Å². The molecule has 2 heterocycles. The second kappa shape index (κ2) is 10.8. The lowest BCUT2D eigenvalue weighted by Gasteiger charge is -2.44. The lowest BCUT2D eigenvalue weighted by molar-refractivity contribution is -0.314. The molecule has 36 heavy (non-hydrogen) atoms. The molecule has 206 valence electrons. The molecule has 2 saturated heterocycles. The van der Waals surface area contributed by atoms with Crippen molar-refractivity contribution in [1.29, 1.82) is 0 Å². The van der Waals surface area contributed by atoms with Gasteiger partial charge in [0, 0.05) is 11.8 Å². The summed E-state index contributed by atoms with van der Waals surface area (Å²) in [5, 5.41) is 71.6. The fourth-order valence-corrected chi connectivity index (χ4v) is 4.69. The Balaban J connectivity index is 1.64. The van der Waals surface area contributed by atoms with Crippen molar-refractivity contribution in [3.63, 3.8) is 0 Å². The van der Waals surface area contributed by atoms with Gasteiger partial charge in [-0.15, -0.1) is 0 Å². The summed E-state index contributed by atoms with van der Waals surface area (Å²) in [4.78, 5) is 11.9. The summed E-state index contributed by atoms with van der Waals surface area (Å²) in [5.74, 6) is -0.0732. The van der Waals surface area contributed by atoms with Crippen molar-refractivity contribution < 1.29 is 59.5 Å². The van der Waals surface area contributed by atoms with Crippen LogP contribution in [0.1, 0.15) is 34.1 Å². The molecule has 0 radical (unpaired) electrons. The topological polar surface area (TPSA) is 196 Å². The van der Waals surface area contributed by atoms with Gasteiger partial charge in [-0.25, -0.2) is 0 Å². The van der Waals surface area contributed by atoms with E-state index in [0.717, 1.165) is 0 Å². The fourth-order valence-electron chi connectivity index (χ4n) is 4.69. The first-order chi connectivity index (χ1) is 16.6. The highest BCUT2D eigenvalue weighted by Crippen LogP contribution is 2.44. The number of rotatable bonds is 8. The molecular weight excluding hydrogens is 480 g/mol. The summed E-state index contributed by atoms with van der Waals surface area (Å²) in [6.45, 7) is 5.33. The van der Waals surface area contributed by atoms with Gasteiger partial charge in [-0.2, -0.15) is 0 Å². The maximum Gasteiger partial charge on any atom is 0.187 e. The highest BCUT2D eigenvalue weighted by atomic mass is 16.7. The average Bonchev–Trinajstić information content (AvgIpc) is 3.09. The Bertz CT molecular complexity index is 858. The van der Waals surface area contributed by atoms with Crippen LogP contribution in [0.3, 0.4) is 0 Å². The Morgan fingerprint density at radius 3 is 2.39 bits per heavy atom. The molecular formula is C24H38O12. The van der Waals surface area contributed by atoms with Gasteiger partial charge in [-0.3, -0.25) is 4.79 Å². The van der Waals surface area contributed by atoms with Gasteiger partial charge in [0.2, 0.25) is 0 Å². The molecule has 2 aliphatic heterocycles. The van der Waals surface area contributed by atoms with Gasteiger partial charge >= 0.3 is 0 Å². The molecule has 0 aromatic carbocycles. The number of hydrogen-bond acceptors (Lipinski definition) is 12. The van der Waals surface area contributed by atoms with E-state index < -0.39 is 79.0 Å². The Kier molecular flexibility index (Phi) is 8.80. The van der Waals surface area contributed by atoms with Crippen molar-refractivity contribution in [2.24, 2.45) is 5.41 Å². The molecule has 12 nitrogen and oxygen atoms in total. The van der Waals surface area contributed by atoms with E-state index in [1.165, 1.54) is 12.2 Å². The number of ether oxygens (including phenoxy) is 4. The summed E-state index contributed by atoms with van der Waals surface area (Å²) >= 11 is 0. The zero-order valence-corrected chi connectivity index (χ0v) is 20.9. The average molecular weight is 519 g/mol. The quantitative estimate of drug-likeness (QED) is 0.173. The van der Waals surface area contributed by atoms with Crippen molar-refractivity contribution in [3.05, 3.63) is 23.8 Å². The smallest absolute Gasteiger partial charge is 0.187 e. The summed E-state index contributed by atoms with van der Waals surface area (Å²) in [6, 6.07) is 0. The summed E-state index contributed by atoms with van der Waals surface area (Å²) in [6.07, 6.45) is -6.34. The van der Waals surface area contributed by atoms with Crippen molar-refractivity contribution >= 4 is 5.78 Å². The van der Waals surface area contributed by atoms with Gasteiger partial charge in [-0.1, -0.05) is 19.9 Å². The second-order valence-corrected chi connectivity index (χ2v) is 10.6.